The van der Waals surface area contributed by atoms with Gasteiger partial charge in [0.1, 0.15) is 0 Å². The first kappa shape index (κ1) is 12.1. The van der Waals surface area contributed by atoms with Gasteiger partial charge in [-0.05, 0) is 37.8 Å². The first-order valence-corrected chi connectivity index (χ1v) is 6.85. The van der Waals surface area contributed by atoms with E-state index in [1.807, 2.05) is 17.9 Å². The number of hydrogen-bond acceptors (Lipinski definition) is 2. The molecule has 1 saturated carbocycles. The highest BCUT2D eigenvalue weighted by molar-refractivity contribution is 9.09. The number of aryl methyl sites for hydroxylation is 1. The summed E-state index contributed by atoms with van der Waals surface area (Å²) < 4.78 is 1.87. The number of alkyl halides is 1. The van der Waals surface area contributed by atoms with Crippen molar-refractivity contribution >= 4 is 15.9 Å². The summed E-state index contributed by atoms with van der Waals surface area (Å²) in [6.07, 6.45) is 7.86. The molecule has 0 aromatic carbocycles. The average Bonchev–Trinajstić information content (AvgIpc) is 2.59. The van der Waals surface area contributed by atoms with Crippen LogP contribution < -0.4 is 0 Å². The van der Waals surface area contributed by atoms with Crippen LogP contribution in [-0.2, 0) is 13.5 Å². The minimum Gasteiger partial charge on any atom is -0.306 e. The first-order chi connectivity index (χ1) is 7.63. The summed E-state index contributed by atoms with van der Waals surface area (Å²) in [6, 6.07) is 0. The Hall–Kier alpha value is -0.350. The molecule has 0 bridgehead atoms. The van der Waals surface area contributed by atoms with Crippen molar-refractivity contribution in [2.24, 2.45) is 13.0 Å². The molecule has 90 valence electrons. The average molecular weight is 286 g/mol. The van der Waals surface area contributed by atoms with Crippen molar-refractivity contribution in [1.82, 2.24) is 14.7 Å². The summed E-state index contributed by atoms with van der Waals surface area (Å²) in [5, 5.41) is 4.18. The van der Waals surface area contributed by atoms with Crippen molar-refractivity contribution in [3.8, 4) is 0 Å². The molecule has 1 aliphatic carbocycles. The van der Waals surface area contributed by atoms with Gasteiger partial charge in [0.2, 0.25) is 0 Å². The molecule has 1 heterocycles. The molecule has 1 aliphatic rings. The molecular weight excluding hydrogens is 266 g/mol. The van der Waals surface area contributed by atoms with E-state index < -0.39 is 0 Å². The molecule has 0 N–H and O–H groups in total. The molecule has 16 heavy (non-hydrogen) atoms. The van der Waals surface area contributed by atoms with Crippen LogP contribution >= 0.6 is 15.9 Å². The van der Waals surface area contributed by atoms with E-state index in [0.29, 0.717) is 0 Å². The summed E-state index contributed by atoms with van der Waals surface area (Å²) in [7, 11) is 4.19. The van der Waals surface area contributed by atoms with Crippen LogP contribution in [-0.4, -0.2) is 39.6 Å². The van der Waals surface area contributed by atoms with Crippen molar-refractivity contribution in [3.63, 3.8) is 0 Å². The largest absolute Gasteiger partial charge is 0.306 e. The van der Waals surface area contributed by atoms with Gasteiger partial charge in [-0.3, -0.25) is 4.68 Å². The lowest BCUT2D eigenvalue weighted by molar-refractivity contribution is 0.215. The van der Waals surface area contributed by atoms with Gasteiger partial charge < -0.3 is 4.90 Å². The van der Waals surface area contributed by atoms with Crippen LogP contribution in [0.4, 0.5) is 0 Å². The Labute approximate surface area is 106 Å². The normalized spacial score (nSPS) is 24.8. The van der Waals surface area contributed by atoms with Crippen LogP contribution in [0.5, 0.6) is 0 Å². The van der Waals surface area contributed by atoms with Gasteiger partial charge in [0.25, 0.3) is 0 Å². The van der Waals surface area contributed by atoms with Crippen LogP contribution in [0.15, 0.2) is 12.4 Å². The van der Waals surface area contributed by atoms with Gasteiger partial charge in [0, 0.05) is 31.2 Å². The Balaban J connectivity index is 1.65. The van der Waals surface area contributed by atoms with Crippen molar-refractivity contribution < 1.29 is 0 Å². The summed E-state index contributed by atoms with van der Waals surface area (Å²) in [4.78, 5) is 3.22. The van der Waals surface area contributed by atoms with Crippen molar-refractivity contribution in [2.75, 3.05) is 20.1 Å². The zero-order valence-electron chi connectivity index (χ0n) is 10.1. The van der Waals surface area contributed by atoms with Gasteiger partial charge in [-0.15, -0.1) is 0 Å². The second-order valence-corrected chi connectivity index (χ2v) is 6.26. The van der Waals surface area contributed by atoms with E-state index in [9.17, 15) is 0 Å². The monoisotopic (exact) mass is 285 g/mol. The topological polar surface area (TPSA) is 21.1 Å². The van der Waals surface area contributed by atoms with Crippen molar-refractivity contribution in [1.29, 1.82) is 0 Å². The van der Waals surface area contributed by atoms with Crippen LogP contribution in [0.1, 0.15) is 18.4 Å². The van der Waals surface area contributed by atoms with E-state index in [1.165, 1.54) is 24.9 Å². The summed E-state index contributed by atoms with van der Waals surface area (Å²) in [5.74, 6) is 0.906. The minimum absolute atomic E-state index is 0.782. The molecule has 0 amide bonds. The van der Waals surface area contributed by atoms with Crippen LogP contribution in [0.3, 0.4) is 0 Å². The molecule has 0 saturated heterocycles. The van der Waals surface area contributed by atoms with Gasteiger partial charge in [-0.2, -0.15) is 5.10 Å². The fraction of sp³-hybridized carbons (Fsp3) is 0.750. The molecule has 0 aliphatic heterocycles. The van der Waals surface area contributed by atoms with Gasteiger partial charge >= 0.3 is 0 Å². The molecule has 1 aromatic heterocycles. The van der Waals surface area contributed by atoms with E-state index in [4.69, 9.17) is 0 Å². The Bertz CT molecular complexity index is 331. The predicted octanol–water partition coefficient (Wildman–Crippen LogP) is 2.07. The smallest absolute Gasteiger partial charge is 0.0522 e. The lowest BCUT2D eigenvalue weighted by Crippen LogP contribution is -2.35. The molecule has 4 heteroatoms. The van der Waals surface area contributed by atoms with Crippen molar-refractivity contribution in [3.05, 3.63) is 18.0 Å². The Morgan fingerprint density at radius 3 is 2.88 bits per heavy atom. The SMILES string of the molecule is CN(CCc1cnn(C)c1)CC1CC(Br)C1. The third-order valence-corrected chi connectivity index (χ3v) is 4.04. The van der Waals surface area contributed by atoms with Gasteiger partial charge in [-0.25, -0.2) is 0 Å². The van der Waals surface area contributed by atoms with Gasteiger partial charge in [-0.1, -0.05) is 15.9 Å². The Morgan fingerprint density at radius 2 is 2.31 bits per heavy atom. The standard InChI is InChI=1S/C12H20BrN3/c1-15(8-11-5-12(13)6-11)4-3-10-7-14-16(2)9-10/h7,9,11-12H,3-6,8H2,1-2H3. The Morgan fingerprint density at radius 1 is 1.56 bits per heavy atom. The van der Waals surface area contributed by atoms with E-state index in [1.54, 1.807) is 0 Å². The van der Waals surface area contributed by atoms with Crippen LogP contribution in [0, 0.1) is 5.92 Å². The summed E-state index contributed by atoms with van der Waals surface area (Å²) in [5.41, 5.74) is 1.33. The highest BCUT2D eigenvalue weighted by atomic mass is 79.9. The predicted molar refractivity (Wildman–Crippen MR) is 69.8 cm³/mol. The Kier molecular flexibility index (Phi) is 4.03. The number of rotatable bonds is 5. The molecule has 0 atom stereocenters. The minimum atomic E-state index is 0.782. The number of nitrogens with zero attached hydrogens (tertiary/aromatic N) is 3. The molecule has 2 rings (SSSR count). The molecule has 1 fully saturated rings. The lowest BCUT2D eigenvalue weighted by atomic mass is 9.85. The van der Waals surface area contributed by atoms with Crippen LogP contribution in [0.2, 0.25) is 0 Å². The fourth-order valence-corrected chi connectivity index (χ4v) is 3.31. The zero-order chi connectivity index (χ0) is 11.5. The molecular formula is C12H20BrN3. The van der Waals surface area contributed by atoms with E-state index in [0.717, 1.165) is 23.7 Å². The van der Waals surface area contributed by atoms with Crippen LogP contribution in [0.25, 0.3) is 0 Å². The second-order valence-electron chi connectivity index (χ2n) is 4.97. The molecule has 1 aromatic rings. The van der Waals surface area contributed by atoms with Crippen molar-refractivity contribution in [2.45, 2.75) is 24.1 Å². The van der Waals surface area contributed by atoms with Gasteiger partial charge in [0.15, 0.2) is 0 Å². The maximum Gasteiger partial charge on any atom is 0.0522 e. The molecule has 3 nitrogen and oxygen atoms in total. The summed E-state index contributed by atoms with van der Waals surface area (Å²) >= 11 is 3.64. The molecule has 0 radical (unpaired) electrons. The number of aromatic nitrogens is 2. The second kappa shape index (κ2) is 5.32. The molecule has 0 unspecified atom stereocenters. The fourth-order valence-electron chi connectivity index (χ4n) is 2.26. The highest BCUT2D eigenvalue weighted by Crippen LogP contribution is 2.33. The number of likely N-dealkylation sites (N-methyl/N-ethyl adjacent to an activating group) is 1. The maximum absolute atomic E-state index is 4.18. The van der Waals surface area contributed by atoms with Gasteiger partial charge in [0.05, 0.1) is 6.20 Å². The maximum atomic E-state index is 4.18. The lowest BCUT2D eigenvalue weighted by Gasteiger charge is -2.34. The third-order valence-electron chi connectivity index (χ3n) is 3.29. The highest BCUT2D eigenvalue weighted by Gasteiger charge is 2.27. The van der Waals surface area contributed by atoms with E-state index in [-0.39, 0.29) is 0 Å². The molecule has 0 spiro atoms. The third kappa shape index (κ3) is 3.32. The van der Waals surface area contributed by atoms with E-state index in [2.05, 4.69) is 39.2 Å². The zero-order valence-corrected chi connectivity index (χ0v) is 11.7. The number of halogens is 1. The number of hydrogen-bond donors (Lipinski definition) is 0. The first-order valence-electron chi connectivity index (χ1n) is 5.93. The van der Waals surface area contributed by atoms with E-state index >= 15 is 0 Å². The summed E-state index contributed by atoms with van der Waals surface area (Å²) in [6.45, 7) is 2.37. The quantitative estimate of drug-likeness (QED) is 0.773.